The molecule has 2 rings (SSSR count). The van der Waals surface area contributed by atoms with Gasteiger partial charge in [0.25, 0.3) is 5.91 Å². The van der Waals surface area contributed by atoms with Crippen molar-refractivity contribution < 1.29 is 14.3 Å². The summed E-state index contributed by atoms with van der Waals surface area (Å²) in [6.45, 7) is 4.95. The Balaban J connectivity index is 1.77. The van der Waals surface area contributed by atoms with Crippen molar-refractivity contribution >= 4 is 5.91 Å². The molecule has 0 spiro atoms. The third-order valence-electron chi connectivity index (χ3n) is 3.66. The van der Waals surface area contributed by atoms with Crippen LogP contribution in [0.3, 0.4) is 0 Å². The number of carbonyl (C=O) groups is 1. The van der Waals surface area contributed by atoms with Crippen molar-refractivity contribution in [1.29, 1.82) is 0 Å². The van der Waals surface area contributed by atoms with E-state index < -0.39 is 0 Å². The van der Waals surface area contributed by atoms with Gasteiger partial charge in [-0.25, -0.2) is 0 Å². The first-order chi connectivity index (χ1) is 9.20. The van der Waals surface area contributed by atoms with E-state index >= 15 is 0 Å². The summed E-state index contributed by atoms with van der Waals surface area (Å²) in [4.78, 5) is 14.4. The second-order valence-corrected chi connectivity index (χ2v) is 5.06. The Kier molecular flexibility index (Phi) is 4.99. The normalized spacial score (nSPS) is 17.6. The van der Waals surface area contributed by atoms with Crippen LogP contribution in [-0.4, -0.2) is 48.2 Å². The molecule has 0 bridgehead atoms. The number of nitrogens with one attached hydrogen (secondary N) is 1. The summed E-state index contributed by atoms with van der Waals surface area (Å²) in [6.07, 6.45) is 4.30. The lowest BCUT2D eigenvalue weighted by Gasteiger charge is -2.32. The number of likely N-dealkylation sites (tertiary alicyclic amines) is 1. The molecule has 1 aliphatic rings. The smallest absolute Gasteiger partial charge is 0.255 e. The van der Waals surface area contributed by atoms with E-state index in [4.69, 9.17) is 9.52 Å². The molecule has 0 atom stereocenters. The largest absolute Gasteiger partial charge is 0.469 e. The van der Waals surface area contributed by atoms with Crippen LogP contribution >= 0.6 is 0 Å². The molecule has 2 heterocycles. The zero-order chi connectivity index (χ0) is 13.7. The molecule has 1 amide bonds. The molecule has 5 heteroatoms. The molecular formula is C14H22N2O3. The maximum Gasteiger partial charge on any atom is 0.255 e. The predicted octanol–water partition coefficient (Wildman–Crippen LogP) is 1.16. The summed E-state index contributed by atoms with van der Waals surface area (Å²) >= 11 is 0. The van der Waals surface area contributed by atoms with Crippen molar-refractivity contribution in [3.63, 3.8) is 0 Å². The minimum Gasteiger partial charge on any atom is -0.469 e. The van der Waals surface area contributed by atoms with E-state index in [2.05, 4.69) is 10.2 Å². The number of aryl methyl sites for hydroxylation is 1. The SMILES string of the molecule is Cc1occc1C(=O)NC1CCN(CCCO)CC1. The Morgan fingerprint density at radius 3 is 2.84 bits per heavy atom. The summed E-state index contributed by atoms with van der Waals surface area (Å²) in [5, 5.41) is 11.9. The fourth-order valence-electron chi connectivity index (χ4n) is 2.48. The Labute approximate surface area is 113 Å². The summed E-state index contributed by atoms with van der Waals surface area (Å²) in [5.74, 6) is 0.623. The van der Waals surface area contributed by atoms with Gasteiger partial charge in [-0.1, -0.05) is 0 Å². The van der Waals surface area contributed by atoms with Gasteiger partial charge in [-0.05, 0) is 32.3 Å². The van der Waals surface area contributed by atoms with Crippen molar-refractivity contribution in [3.8, 4) is 0 Å². The zero-order valence-corrected chi connectivity index (χ0v) is 11.4. The van der Waals surface area contributed by atoms with Crippen LogP contribution in [-0.2, 0) is 0 Å². The molecule has 0 aromatic carbocycles. The minimum atomic E-state index is -0.0416. The van der Waals surface area contributed by atoms with E-state index in [0.29, 0.717) is 11.3 Å². The van der Waals surface area contributed by atoms with Crippen LogP contribution in [0.15, 0.2) is 16.7 Å². The van der Waals surface area contributed by atoms with Crippen LogP contribution in [0.5, 0.6) is 0 Å². The maximum atomic E-state index is 12.0. The minimum absolute atomic E-state index is 0.0416. The van der Waals surface area contributed by atoms with Gasteiger partial charge < -0.3 is 19.7 Å². The molecule has 106 valence electrons. The fraction of sp³-hybridized carbons (Fsp3) is 0.643. The van der Waals surface area contributed by atoms with Gasteiger partial charge >= 0.3 is 0 Å². The summed E-state index contributed by atoms with van der Waals surface area (Å²) in [6, 6.07) is 1.95. The number of nitrogens with zero attached hydrogens (tertiary/aromatic N) is 1. The van der Waals surface area contributed by atoms with Crippen molar-refractivity contribution in [2.75, 3.05) is 26.2 Å². The topological polar surface area (TPSA) is 65.7 Å². The first kappa shape index (κ1) is 14.1. The van der Waals surface area contributed by atoms with Crippen LogP contribution in [0.4, 0.5) is 0 Å². The highest BCUT2D eigenvalue weighted by Crippen LogP contribution is 2.13. The molecule has 19 heavy (non-hydrogen) atoms. The van der Waals surface area contributed by atoms with Crippen LogP contribution in [0, 0.1) is 6.92 Å². The van der Waals surface area contributed by atoms with Crippen molar-refractivity contribution in [2.45, 2.75) is 32.2 Å². The van der Waals surface area contributed by atoms with Crippen LogP contribution in [0.1, 0.15) is 35.4 Å². The number of amides is 1. The Bertz CT molecular complexity index is 409. The highest BCUT2D eigenvalue weighted by molar-refractivity contribution is 5.95. The molecule has 5 nitrogen and oxygen atoms in total. The standard InChI is InChI=1S/C14H22N2O3/c1-11-13(5-10-19-11)14(18)15-12-3-7-16(8-4-12)6-2-9-17/h5,10,12,17H,2-4,6-9H2,1H3,(H,15,18). The number of carbonyl (C=O) groups excluding carboxylic acids is 1. The van der Waals surface area contributed by atoms with Gasteiger partial charge in [0.05, 0.1) is 11.8 Å². The highest BCUT2D eigenvalue weighted by Gasteiger charge is 2.21. The van der Waals surface area contributed by atoms with E-state index in [9.17, 15) is 4.79 Å². The third kappa shape index (κ3) is 3.81. The van der Waals surface area contributed by atoms with Crippen LogP contribution < -0.4 is 5.32 Å². The molecule has 1 aromatic rings. The number of hydrogen-bond donors (Lipinski definition) is 2. The van der Waals surface area contributed by atoms with E-state index in [-0.39, 0.29) is 18.6 Å². The van der Waals surface area contributed by atoms with Gasteiger partial charge in [-0.3, -0.25) is 4.79 Å². The van der Waals surface area contributed by atoms with Gasteiger partial charge in [0.15, 0.2) is 0 Å². The molecule has 0 saturated carbocycles. The lowest BCUT2D eigenvalue weighted by molar-refractivity contribution is 0.0908. The Morgan fingerprint density at radius 1 is 1.53 bits per heavy atom. The molecule has 0 radical (unpaired) electrons. The summed E-state index contributed by atoms with van der Waals surface area (Å²) in [5.41, 5.74) is 0.628. The predicted molar refractivity (Wildman–Crippen MR) is 72.1 cm³/mol. The second kappa shape index (κ2) is 6.73. The van der Waals surface area contributed by atoms with Gasteiger partial charge in [0.1, 0.15) is 5.76 Å². The molecule has 1 aromatic heterocycles. The number of furan rings is 1. The molecular weight excluding hydrogens is 244 g/mol. The number of hydrogen-bond acceptors (Lipinski definition) is 4. The highest BCUT2D eigenvalue weighted by atomic mass is 16.3. The van der Waals surface area contributed by atoms with Crippen LogP contribution in [0.25, 0.3) is 0 Å². The number of rotatable bonds is 5. The first-order valence-electron chi connectivity index (χ1n) is 6.89. The lowest BCUT2D eigenvalue weighted by atomic mass is 10.0. The maximum absolute atomic E-state index is 12.0. The Hall–Kier alpha value is -1.33. The van der Waals surface area contributed by atoms with E-state index in [1.807, 2.05) is 0 Å². The molecule has 1 saturated heterocycles. The first-order valence-corrected chi connectivity index (χ1v) is 6.89. The molecule has 1 fully saturated rings. The summed E-state index contributed by atoms with van der Waals surface area (Å²) in [7, 11) is 0. The number of aliphatic hydroxyl groups is 1. The third-order valence-corrected chi connectivity index (χ3v) is 3.66. The fourth-order valence-corrected chi connectivity index (χ4v) is 2.48. The number of piperidine rings is 1. The quantitative estimate of drug-likeness (QED) is 0.839. The van der Waals surface area contributed by atoms with Crippen LogP contribution in [0.2, 0.25) is 0 Å². The monoisotopic (exact) mass is 266 g/mol. The average molecular weight is 266 g/mol. The average Bonchev–Trinajstić information content (AvgIpc) is 2.84. The molecule has 0 unspecified atom stereocenters. The molecule has 1 aliphatic heterocycles. The van der Waals surface area contributed by atoms with E-state index in [1.54, 1.807) is 19.3 Å². The number of aliphatic hydroxyl groups excluding tert-OH is 1. The van der Waals surface area contributed by atoms with Gasteiger partial charge in [-0.2, -0.15) is 0 Å². The van der Waals surface area contributed by atoms with Gasteiger partial charge in [0, 0.05) is 32.3 Å². The van der Waals surface area contributed by atoms with E-state index in [1.165, 1.54) is 0 Å². The molecule has 0 aliphatic carbocycles. The van der Waals surface area contributed by atoms with Crippen molar-refractivity contribution in [3.05, 3.63) is 23.7 Å². The van der Waals surface area contributed by atoms with Gasteiger partial charge in [-0.15, -0.1) is 0 Å². The van der Waals surface area contributed by atoms with Crippen molar-refractivity contribution in [2.24, 2.45) is 0 Å². The Morgan fingerprint density at radius 2 is 2.26 bits per heavy atom. The van der Waals surface area contributed by atoms with Gasteiger partial charge in [0.2, 0.25) is 0 Å². The lowest BCUT2D eigenvalue weighted by Crippen LogP contribution is -2.45. The van der Waals surface area contributed by atoms with E-state index in [0.717, 1.165) is 38.9 Å². The second-order valence-electron chi connectivity index (χ2n) is 5.06. The zero-order valence-electron chi connectivity index (χ0n) is 11.4. The molecule has 2 N–H and O–H groups in total. The van der Waals surface area contributed by atoms with Crippen molar-refractivity contribution in [1.82, 2.24) is 10.2 Å². The summed E-state index contributed by atoms with van der Waals surface area (Å²) < 4.78 is 5.14.